The number of rotatable bonds is 3. The minimum atomic E-state index is -4.54. The summed E-state index contributed by atoms with van der Waals surface area (Å²) in [7, 11) is -2.33. The van der Waals surface area contributed by atoms with Crippen LogP contribution in [-0.2, 0) is 16.9 Å². The third-order valence-corrected chi connectivity index (χ3v) is 4.02. The molecule has 0 N–H and O–H groups in total. The Morgan fingerprint density at radius 2 is 2.00 bits per heavy atom. The van der Waals surface area contributed by atoms with Crippen molar-refractivity contribution in [2.45, 2.75) is 12.3 Å². The molecule has 0 aliphatic rings. The predicted molar refractivity (Wildman–Crippen MR) is 74.5 cm³/mol. The van der Waals surface area contributed by atoms with E-state index in [1.807, 2.05) is 0 Å². The van der Waals surface area contributed by atoms with E-state index in [4.69, 9.17) is 11.6 Å². The maximum absolute atomic E-state index is 12.8. The van der Waals surface area contributed by atoms with Gasteiger partial charge in [-0.3, -0.25) is 0 Å². The second kappa shape index (κ2) is 5.46. The zero-order chi connectivity index (χ0) is 15.8. The van der Waals surface area contributed by atoms with Gasteiger partial charge in [0.1, 0.15) is 0 Å². The number of halogens is 4. The van der Waals surface area contributed by atoms with Crippen LogP contribution in [0.1, 0.15) is 11.3 Å². The van der Waals surface area contributed by atoms with Crippen molar-refractivity contribution in [1.29, 1.82) is 0 Å². The summed E-state index contributed by atoms with van der Waals surface area (Å²) in [5.41, 5.74) is -0.283. The first-order chi connectivity index (χ1) is 9.56. The lowest BCUT2D eigenvalue weighted by Crippen LogP contribution is -2.07. The highest BCUT2D eigenvalue weighted by Crippen LogP contribution is 2.40. The number of aromatic nitrogens is 3. The molecular formula is C12H12ClF3N3OP. The smallest absolute Gasteiger partial charge is 0.324 e. The molecule has 0 radical (unpaired) electrons. The topological polar surface area (TPSA) is 47.8 Å². The Labute approximate surface area is 124 Å². The third-order valence-electron chi connectivity index (χ3n) is 2.60. The molecule has 0 aliphatic heterocycles. The first kappa shape index (κ1) is 16.0. The largest absolute Gasteiger partial charge is 0.417 e. The van der Waals surface area contributed by atoms with Crippen LogP contribution in [0.4, 0.5) is 13.2 Å². The fourth-order valence-corrected chi connectivity index (χ4v) is 2.91. The Kier molecular flexibility index (Phi) is 4.17. The minimum Gasteiger partial charge on any atom is -0.324 e. The number of nitrogens with zero attached hydrogens (tertiary/aromatic N) is 3. The van der Waals surface area contributed by atoms with Gasteiger partial charge in [-0.1, -0.05) is 16.8 Å². The zero-order valence-corrected chi connectivity index (χ0v) is 12.9. The molecule has 0 saturated carbocycles. The monoisotopic (exact) mass is 337 g/mol. The second-order valence-electron chi connectivity index (χ2n) is 5.05. The van der Waals surface area contributed by atoms with Crippen molar-refractivity contribution in [3.05, 3.63) is 40.7 Å². The number of hydrogen-bond donors (Lipinski definition) is 0. The SMILES string of the molecule is CP(C)(=O)Cc1cn(-c2ccc(Cl)c(C(F)(F)F)c2)nn1. The van der Waals surface area contributed by atoms with E-state index in [1.165, 1.54) is 16.9 Å². The van der Waals surface area contributed by atoms with Gasteiger partial charge >= 0.3 is 6.18 Å². The second-order valence-corrected chi connectivity index (χ2v) is 8.92. The lowest BCUT2D eigenvalue weighted by molar-refractivity contribution is -0.137. The van der Waals surface area contributed by atoms with E-state index in [-0.39, 0.29) is 16.9 Å². The summed E-state index contributed by atoms with van der Waals surface area (Å²) in [6, 6.07) is 3.47. The molecule has 0 bridgehead atoms. The lowest BCUT2D eigenvalue weighted by atomic mass is 10.2. The van der Waals surface area contributed by atoms with E-state index < -0.39 is 18.9 Å². The Bertz CT molecular complexity index is 708. The third kappa shape index (κ3) is 4.08. The van der Waals surface area contributed by atoms with Crippen LogP contribution in [0.15, 0.2) is 24.4 Å². The summed E-state index contributed by atoms with van der Waals surface area (Å²) in [5, 5.41) is 7.20. The molecule has 114 valence electrons. The van der Waals surface area contributed by atoms with Crippen LogP contribution in [0.2, 0.25) is 5.02 Å². The summed E-state index contributed by atoms with van der Waals surface area (Å²) in [6.07, 6.45) is -2.84. The van der Waals surface area contributed by atoms with Crippen LogP contribution in [0.5, 0.6) is 0 Å². The van der Waals surface area contributed by atoms with Gasteiger partial charge in [-0.2, -0.15) is 13.2 Å². The fraction of sp³-hybridized carbons (Fsp3) is 0.333. The molecule has 2 rings (SSSR count). The summed E-state index contributed by atoms with van der Waals surface area (Å²) >= 11 is 5.56. The quantitative estimate of drug-likeness (QED) is 0.793. The van der Waals surface area contributed by atoms with Gasteiger partial charge < -0.3 is 4.57 Å². The fourth-order valence-electron chi connectivity index (χ4n) is 1.76. The average Bonchev–Trinajstić information content (AvgIpc) is 2.74. The molecule has 0 aliphatic carbocycles. The van der Waals surface area contributed by atoms with Crippen LogP contribution in [0.3, 0.4) is 0 Å². The lowest BCUT2D eigenvalue weighted by Gasteiger charge is -2.10. The van der Waals surface area contributed by atoms with Crippen LogP contribution in [0, 0.1) is 0 Å². The van der Waals surface area contributed by atoms with Crippen molar-refractivity contribution in [3.63, 3.8) is 0 Å². The van der Waals surface area contributed by atoms with Gasteiger partial charge in [0.15, 0.2) is 0 Å². The molecule has 21 heavy (non-hydrogen) atoms. The van der Waals surface area contributed by atoms with Gasteiger partial charge in [-0.05, 0) is 31.5 Å². The van der Waals surface area contributed by atoms with E-state index in [1.54, 1.807) is 13.3 Å². The van der Waals surface area contributed by atoms with E-state index >= 15 is 0 Å². The van der Waals surface area contributed by atoms with Crippen molar-refractivity contribution in [2.75, 3.05) is 13.3 Å². The highest BCUT2D eigenvalue weighted by atomic mass is 35.5. The maximum Gasteiger partial charge on any atom is 0.417 e. The van der Waals surface area contributed by atoms with Gasteiger partial charge in [0.2, 0.25) is 0 Å². The van der Waals surface area contributed by atoms with Crippen molar-refractivity contribution in [3.8, 4) is 5.69 Å². The molecule has 1 aromatic carbocycles. The van der Waals surface area contributed by atoms with Crippen LogP contribution in [-0.4, -0.2) is 28.3 Å². The Morgan fingerprint density at radius 1 is 1.33 bits per heavy atom. The first-order valence-electron chi connectivity index (χ1n) is 5.88. The molecule has 0 unspecified atom stereocenters. The molecular weight excluding hydrogens is 326 g/mol. The van der Waals surface area contributed by atoms with Crippen molar-refractivity contribution >= 4 is 18.7 Å². The molecule has 9 heteroatoms. The van der Waals surface area contributed by atoms with Gasteiger partial charge in [0.05, 0.1) is 35.3 Å². The van der Waals surface area contributed by atoms with Crippen molar-refractivity contribution < 1.29 is 17.7 Å². The molecule has 0 spiro atoms. The Hall–Kier alpha value is -1.33. The molecule has 1 heterocycles. The zero-order valence-electron chi connectivity index (χ0n) is 11.2. The van der Waals surface area contributed by atoms with Gasteiger partial charge in [0, 0.05) is 6.16 Å². The van der Waals surface area contributed by atoms with Gasteiger partial charge in [0.25, 0.3) is 0 Å². The van der Waals surface area contributed by atoms with Gasteiger partial charge in [-0.15, -0.1) is 5.10 Å². The van der Waals surface area contributed by atoms with Gasteiger partial charge in [-0.25, -0.2) is 4.68 Å². The number of alkyl halides is 3. The molecule has 0 amide bonds. The average molecular weight is 338 g/mol. The normalized spacial score (nSPS) is 12.7. The molecule has 0 saturated heterocycles. The summed E-state index contributed by atoms with van der Waals surface area (Å²) in [6.45, 7) is 3.21. The molecule has 0 fully saturated rings. The van der Waals surface area contributed by atoms with E-state index in [9.17, 15) is 17.7 Å². The Balaban J connectivity index is 2.37. The standard InChI is InChI=1S/C12H12ClF3N3OP/c1-21(2,20)7-8-6-19(18-17-8)9-3-4-11(13)10(5-9)12(14,15)16/h3-6H,7H2,1-2H3. The maximum atomic E-state index is 12.8. The first-order valence-corrected chi connectivity index (χ1v) is 9.05. The highest BCUT2D eigenvalue weighted by molar-refractivity contribution is 7.61. The summed E-state index contributed by atoms with van der Waals surface area (Å²) in [5.74, 6) is 0. The number of hydrogen-bond acceptors (Lipinski definition) is 3. The van der Waals surface area contributed by atoms with E-state index in [0.717, 1.165) is 12.1 Å². The van der Waals surface area contributed by atoms with E-state index in [0.29, 0.717) is 5.69 Å². The van der Waals surface area contributed by atoms with E-state index in [2.05, 4.69) is 10.3 Å². The molecule has 2 aromatic rings. The summed E-state index contributed by atoms with van der Waals surface area (Å²) < 4.78 is 51.3. The highest BCUT2D eigenvalue weighted by Gasteiger charge is 2.33. The van der Waals surface area contributed by atoms with Crippen molar-refractivity contribution in [2.24, 2.45) is 0 Å². The van der Waals surface area contributed by atoms with Crippen LogP contribution in [0.25, 0.3) is 5.69 Å². The summed E-state index contributed by atoms with van der Waals surface area (Å²) in [4.78, 5) is 0. The van der Waals surface area contributed by atoms with Crippen LogP contribution >= 0.6 is 18.7 Å². The van der Waals surface area contributed by atoms with Crippen LogP contribution < -0.4 is 0 Å². The van der Waals surface area contributed by atoms with Crippen molar-refractivity contribution in [1.82, 2.24) is 15.0 Å². The minimum absolute atomic E-state index is 0.188. The predicted octanol–water partition coefficient (Wildman–Crippen LogP) is 4.06. The molecule has 4 nitrogen and oxygen atoms in total. The number of benzene rings is 1. The Morgan fingerprint density at radius 3 is 2.57 bits per heavy atom. The molecule has 1 aromatic heterocycles. The molecule has 0 atom stereocenters.